The van der Waals surface area contributed by atoms with E-state index in [0.29, 0.717) is 17.5 Å². The summed E-state index contributed by atoms with van der Waals surface area (Å²) in [4.78, 5) is 61.2. The Labute approximate surface area is 484 Å². The van der Waals surface area contributed by atoms with Crippen molar-refractivity contribution in [3.8, 4) is 0 Å². The summed E-state index contributed by atoms with van der Waals surface area (Å²) in [5, 5.41) is 2.38. The molecule has 2 aliphatic heterocycles. The first-order valence-corrected chi connectivity index (χ1v) is 38.3. The quantitative estimate of drug-likeness (QED) is 0.0455. The third kappa shape index (κ3) is 14.0. The van der Waals surface area contributed by atoms with Crippen LogP contribution in [0, 0.1) is 13.8 Å². The van der Waals surface area contributed by atoms with Gasteiger partial charge >= 0.3 is 18.1 Å². The Morgan fingerprint density at radius 2 is 1.12 bits per heavy atom. The van der Waals surface area contributed by atoms with Crippen LogP contribution in [0.4, 0.5) is 0 Å². The largest absolute Gasteiger partial charge is 0.414 e. The molecule has 81 heavy (non-hydrogen) atoms. The maximum Gasteiger partial charge on any atom is 0.330 e. The molecule has 6 aromatic rings. The summed E-state index contributed by atoms with van der Waals surface area (Å²) in [5.74, 6) is 0. The molecule has 3 N–H and O–H groups in total. The van der Waals surface area contributed by atoms with Crippen molar-refractivity contribution in [1.82, 2.24) is 24.1 Å². The van der Waals surface area contributed by atoms with Gasteiger partial charge in [0.25, 0.3) is 19.4 Å². The van der Waals surface area contributed by atoms with E-state index >= 15 is 0 Å². The van der Waals surface area contributed by atoms with E-state index in [1.165, 1.54) is 21.5 Å². The lowest BCUT2D eigenvalue weighted by molar-refractivity contribution is -0.0552. The van der Waals surface area contributed by atoms with Gasteiger partial charge in [-0.25, -0.2) is 9.59 Å². The molecule has 0 saturated carbocycles. The first-order chi connectivity index (χ1) is 37.8. The molecular weight excluding hydrogens is 1120 g/mol. The third-order valence-electron chi connectivity index (χ3n) is 16.8. The highest BCUT2D eigenvalue weighted by Crippen LogP contribution is 2.56. The van der Waals surface area contributed by atoms with E-state index in [-0.39, 0.29) is 42.7 Å². The summed E-state index contributed by atoms with van der Waals surface area (Å²) in [7, 11) is -8.12. The molecule has 8 rings (SSSR count). The van der Waals surface area contributed by atoms with Crippen LogP contribution in [0.3, 0.4) is 0 Å². The second kappa shape index (κ2) is 24.3. The third-order valence-corrected chi connectivity index (χ3v) is 33.3. The molecule has 0 amide bonds. The minimum Gasteiger partial charge on any atom is -0.414 e. The Morgan fingerprint density at radius 1 is 0.642 bits per heavy atom. The van der Waals surface area contributed by atoms with Crippen molar-refractivity contribution in [3.05, 3.63) is 162 Å². The number of aromatic amines is 3. The van der Waals surface area contributed by atoms with Gasteiger partial charge in [-0.1, -0.05) is 141 Å². The first kappa shape index (κ1) is 62.6. The molecule has 5 heterocycles. The van der Waals surface area contributed by atoms with Gasteiger partial charge < -0.3 is 41.3 Å². The molecule has 3 aromatic carbocycles. The van der Waals surface area contributed by atoms with E-state index in [1.54, 1.807) is 13.8 Å². The molecule has 0 radical (unpaired) electrons. The van der Waals surface area contributed by atoms with E-state index in [4.69, 9.17) is 48.1 Å². The predicted molar refractivity (Wildman–Crippen MR) is 330 cm³/mol. The van der Waals surface area contributed by atoms with E-state index in [0.717, 1.165) is 27.0 Å². The Morgan fingerprint density at radius 3 is 1.63 bits per heavy atom. The normalized spacial score (nSPS) is 21.6. The van der Waals surface area contributed by atoms with E-state index < -0.39 is 102 Å². The highest BCUT2D eigenvalue weighted by Gasteiger charge is 2.55. The fourth-order valence-corrected chi connectivity index (χ4v) is 19.2. The Balaban J connectivity index is 1.24. The summed E-state index contributed by atoms with van der Waals surface area (Å²) in [6, 6.07) is 30.7. The van der Waals surface area contributed by atoms with E-state index in [9.17, 15) is 19.2 Å². The number of ether oxygens (including phenoxy) is 2. The van der Waals surface area contributed by atoms with E-state index in [1.807, 2.05) is 60.7 Å². The maximum atomic E-state index is 13.7. The van der Waals surface area contributed by atoms with Crippen LogP contribution in [0.25, 0.3) is 10.9 Å². The second-order valence-electron chi connectivity index (χ2n) is 25.8. The van der Waals surface area contributed by atoms with Gasteiger partial charge in [0, 0.05) is 54.0 Å². The second-order valence-corrected chi connectivity index (χ2v) is 42.6. The molecule has 0 unspecified atom stereocenters. The lowest BCUT2D eigenvalue weighted by Crippen LogP contribution is -2.68. The highest BCUT2D eigenvalue weighted by molar-refractivity contribution is 8.07. The minimum atomic E-state index is -4.05. The molecule has 0 aliphatic carbocycles. The SMILES string of the molecule is Cc1cn([C@H]2C[C@H](O[Si](c3ccccc3)(c3ccccc3)C(C)(C)C)[C@@H](CO[P@](=S)(O[C@H](CO[Si](C)(C)C(C)(C)C)Cc3cc4ccccc4[nH]3)O[C@H]3C[C@H](n4cc(C)c(=O)[nH]c4=O)O[C@@H]3CO[Si](C)(C)C(C)(C)C)O2)c(=O)[nH]c1=O. The van der Waals surface area contributed by atoms with Crippen LogP contribution in [0.15, 0.2) is 123 Å². The fraction of sp³-hybridized carbons (Fsp3) is 0.525. The Kier molecular flexibility index (Phi) is 18.7. The van der Waals surface area contributed by atoms with Crippen molar-refractivity contribution in [3.63, 3.8) is 0 Å². The number of hydrogen-bond acceptors (Lipinski definition) is 13. The minimum absolute atomic E-state index is 0.103. The van der Waals surface area contributed by atoms with Gasteiger partial charge in [0.15, 0.2) is 16.6 Å². The van der Waals surface area contributed by atoms with Gasteiger partial charge in [-0.05, 0) is 94.8 Å². The topological polar surface area (TPSA) is 199 Å². The number of rotatable bonds is 21. The standard InChI is InChI=1S/C59H84N5O12PSSi3/c1-39-34-63(55(67)61-53(39)65)51-32-47(50(73-51)38-71-80(14,15)58(6,7)8)75-77(78,74-43(36-70-79(12,13)57(3,4)5)31-42-30-41-24-22-23-29-46(41)60-42)69-37-49-48(33-52(72-49)64-35-40(2)54(66)62-56(64)68)76-81(59(9,10)11,44-25-18-16-19-26-44)45-27-20-17-21-28-45/h16-30,34-35,43,47-52,60H,31-33,36-38H2,1-15H3,(H,61,65,67)(H,62,66,68)/t43-,47-,48-,49+,50+,51+,52+,77-/m0/s1. The number of nitrogens with one attached hydrogen (secondary N) is 3. The zero-order valence-corrected chi connectivity index (χ0v) is 54.5. The van der Waals surface area contributed by atoms with Gasteiger partial charge in [0.2, 0.25) is 0 Å². The summed E-state index contributed by atoms with van der Waals surface area (Å²) in [6.45, 7) is 27.6. The van der Waals surface area contributed by atoms with Crippen LogP contribution in [0.5, 0.6) is 0 Å². The smallest absolute Gasteiger partial charge is 0.330 e. The molecule has 440 valence electrons. The van der Waals surface area contributed by atoms with Crippen LogP contribution in [0.2, 0.25) is 41.3 Å². The molecular formula is C59H84N5O12PSSi3. The fourth-order valence-electron chi connectivity index (χ4n) is 10.0. The van der Waals surface area contributed by atoms with Crippen molar-refractivity contribution in [2.24, 2.45) is 0 Å². The number of aromatic nitrogens is 5. The predicted octanol–water partition coefficient (Wildman–Crippen LogP) is 10.0. The number of fused-ring (bicyclic) bond motifs is 1. The average Bonchev–Trinajstić information content (AvgIpc) is 4.17. The molecule has 2 aliphatic rings. The Hall–Kier alpha value is -4.46. The first-order valence-electron chi connectivity index (χ1n) is 28.0. The summed E-state index contributed by atoms with van der Waals surface area (Å²) in [6.07, 6.45) is -2.05. The zero-order valence-electron chi connectivity index (χ0n) is 49.7. The molecule has 3 aromatic heterocycles. The van der Waals surface area contributed by atoms with Crippen LogP contribution in [-0.2, 0) is 54.6 Å². The molecule has 17 nitrogen and oxygen atoms in total. The number of para-hydroxylation sites is 1. The van der Waals surface area contributed by atoms with Crippen LogP contribution in [-0.4, -0.2) is 99.4 Å². The van der Waals surface area contributed by atoms with E-state index in [2.05, 4.69) is 134 Å². The number of hydrogen-bond donors (Lipinski definition) is 3. The summed E-state index contributed by atoms with van der Waals surface area (Å²) < 4.78 is 59.8. The van der Waals surface area contributed by atoms with Crippen LogP contribution in [0.1, 0.15) is 104 Å². The van der Waals surface area contributed by atoms with Crippen molar-refractivity contribution in [1.29, 1.82) is 0 Å². The lowest BCUT2D eigenvalue weighted by Gasteiger charge is -2.45. The van der Waals surface area contributed by atoms with Crippen molar-refractivity contribution in [2.45, 2.75) is 180 Å². The zero-order chi connectivity index (χ0) is 59.1. The van der Waals surface area contributed by atoms with Gasteiger partial charge in [0.05, 0.1) is 38.1 Å². The van der Waals surface area contributed by atoms with Crippen molar-refractivity contribution >= 4 is 64.8 Å². The number of aryl methyl sites for hydroxylation is 2. The monoisotopic (exact) mass is 1200 g/mol. The number of benzene rings is 3. The van der Waals surface area contributed by atoms with Crippen LogP contribution < -0.4 is 32.9 Å². The molecule has 0 bridgehead atoms. The summed E-state index contributed by atoms with van der Waals surface area (Å²) >= 11 is 6.74. The average molecular weight is 1200 g/mol. The lowest BCUT2D eigenvalue weighted by atomic mass is 10.2. The maximum absolute atomic E-state index is 13.7. The van der Waals surface area contributed by atoms with Gasteiger partial charge in [-0.15, -0.1) is 0 Å². The van der Waals surface area contributed by atoms with Crippen molar-refractivity contribution < 1.29 is 36.3 Å². The molecule has 2 fully saturated rings. The van der Waals surface area contributed by atoms with Gasteiger partial charge in [0.1, 0.15) is 24.7 Å². The molecule has 2 saturated heterocycles. The van der Waals surface area contributed by atoms with Gasteiger partial charge in [-0.3, -0.25) is 28.7 Å². The molecule has 8 atom stereocenters. The number of H-pyrrole nitrogens is 3. The highest BCUT2D eigenvalue weighted by atomic mass is 32.5. The Bertz CT molecular complexity index is 3370. The van der Waals surface area contributed by atoms with Crippen LogP contribution >= 0.6 is 6.72 Å². The number of nitrogens with zero attached hydrogens (tertiary/aromatic N) is 2. The molecule has 22 heteroatoms. The van der Waals surface area contributed by atoms with Gasteiger partial charge in [-0.2, -0.15) is 0 Å². The molecule has 0 spiro atoms. The summed E-state index contributed by atoms with van der Waals surface area (Å²) in [5.41, 5.74) is 0.280. The van der Waals surface area contributed by atoms with Crippen molar-refractivity contribution in [2.75, 3.05) is 19.8 Å².